The van der Waals surface area contributed by atoms with E-state index in [0.717, 1.165) is 0 Å². The molecule has 0 spiro atoms. The average molecular weight is 312 g/mol. The van der Waals surface area contributed by atoms with Crippen LogP contribution in [0.25, 0.3) is 0 Å². The first-order chi connectivity index (χ1) is 10.2. The van der Waals surface area contributed by atoms with Crippen LogP contribution in [0, 0.1) is 10.1 Å². The van der Waals surface area contributed by atoms with Crippen molar-refractivity contribution >= 4 is 17.9 Å². The first kappa shape index (κ1) is 17.2. The highest BCUT2D eigenvalue weighted by Gasteiger charge is 2.16. The van der Waals surface area contributed by atoms with Crippen LogP contribution in [0.1, 0.15) is 20.8 Å². The standard InChI is InChI=1S/C13H16N2O7/c1-13(2,3)22-11(16)14-8-20-12(17)21-10-6-4-9(5-7-10)15(18)19/h4-7H,8H2,1-3H3,(H,14,16). The van der Waals surface area contributed by atoms with Crippen LogP contribution in [0.4, 0.5) is 15.3 Å². The molecule has 0 aliphatic carbocycles. The van der Waals surface area contributed by atoms with E-state index in [1.54, 1.807) is 20.8 Å². The minimum atomic E-state index is -1.06. The maximum atomic E-state index is 11.3. The van der Waals surface area contributed by atoms with E-state index < -0.39 is 29.5 Å². The fraction of sp³-hybridized carbons (Fsp3) is 0.385. The van der Waals surface area contributed by atoms with Crippen LogP contribution in [-0.4, -0.2) is 29.5 Å². The van der Waals surface area contributed by atoms with Gasteiger partial charge in [-0.1, -0.05) is 0 Å². The number of rotatable bonds is 4. The van der Waals surface area contributed by atoms with E-state index in [1.807, 2.05) is 0 Å². The second kappa shape index (κ2) is 7.25. The molecule has 0 radical (unpaired) electrons. The minimum Gasteiger partial charge on any atom is -0.444 e. The Morgan fingerprint density at radius 1 is 1.23 bits per heavy atom. The van der Waals surface area contributed by atoms with Crippen LogP contribution in [0.15, 0.2) is 24.3 Å². The molecular formula is C13H16N2O7. The zero-order valence-corrected chi connectivity index (χ0v) is 12.3. The highest BCUT2D eigenvalue weighted by molar-refractivity contribution is 5.68. The number of nitrogens with zero attached hydrogens (tertiary/aromatic N) is 1. The molecule has 0 aliphatic heterocycles. The van der Waals surface area contributed by atoms with E-state index in [1.165, 1.54) is 24.3 Å². The van der Waals surface area contributed by atoms with E-state index >= 15 is 0 Å². The first-order valence-electron chi connectivity index (χ1n) is 6.23. The Bertz CT molecular complexity index is 549. The van der Waals surface area contributed by atoms with Crippen molar-refractivity contribution in [3.63, 3.8) is 0 Å². The van der Waals surface area contributed by atoms with E-state index in [-0.39, 0.29) is 11.4 Å². The monoisotopic (exact) mass is 312 g/mol. The van der Waals surface area contributed by atoms with Crippen LogP contribution in [-0.2, 0) is 9.47 Å². The molecule has 0 fully saturated rings. The number of ether oxygens (including phenoxy) is 3. The Hall–Kier alpha value is -2.84. The Kier molecular flexibility index (Phi) is 5.67. The molecule has 0 unspecified atom stereocenters. The Balaban J connectivity index is 2.34. The van der Waals surface area contributed by atoms with E-state index in [2.05, 4.69) is 10.1 Å². The molecule has 1 N–H and O–H groups in total. The van der Waals surface area contributed by atoms with Crippen molar-refractivity contribution in [1.29, 1.82) is 0 Å². The third kappa shape index (κ3) is 6.55. The molecule has 120 valence electrons. The number of carbonyl (C=O) groups is 2. The number of hydrogen-bond acceptors (Lipinski definition) is 7. The molecule has 1 amide bonds. The number of benzene rings is 1. The fourth-order valence-electron chi connectivity index (χ4n) is 1.23. The second-order valence-corrected chi connectivity index (χ2v) is 5.07. The smallest absolute Gasteiger partial charge is 0.444 e. The van der Waals surface area contributed by atoms with Gasteiger partial charge in [-0.15, -0.1) is 0 Å². The number of nitrogens with one attached hydrogen (secondary N) is 1. The van der Waals surface area contributed by atoms with Crippen molar-refractivity contribution in [2.45, 2.75) is 26.4 Å². The molecule has 0 saturated carbocycles. The summed E-state index contributed by atoms with van der Waals surface area (Å²) in [5.74, 6) is 0.0767. The van der Waals surface area contributed by atoms with Crippen molar-refractivity contribution in [2.24, 2.45) is 0 Å². The molecule has 1 aromatic carbocycles. The highest BCUT2D eigenvalue weighted by atomic mass is 16.7. The van der Waals surface area contributed by atoms with Gasteiger partial charge in [0.05, 0.1) is 4.92 Å². The summed E-state index contributed by atoms with van der Waals surface area (Å²) in [7, 11) is 0. The Morgan fingerprint density at radius 3 is 2.32 bits per heavy atom. The molecule has 1 rings (SSSR count). The quantitative estimate of drug-likeness (QED) is 0.298. The zero-order chi connectivity index (χ0) is 16.8. The third-order valence-electron chi connectivity index (χ3n) is 2.05. The predicted octanol–water partition coefficient (Wildman–Crippen LogP) is 2.59. The summed E-state index contributed by atoms with van der Waals surface area (Å²) in [5.41, 5.74) is -0.795. The number of alkyl carbamates (subject to hydrolysis) is 1. The average Bonchev–Trinajstić information content (AvgIpc) is 2.37. The maximum absolute atomic E-state index is 11.3. The van der Waals surface area contributed by atoms with Crippen LogP contribution in [0.3, 0.4) is 0 Å². The number of carbonyl (C=O) groups excluding carboxylic acids is 2. The van der Waals surface area contributed by atoms with Crippen LogP contribution < -0.4 is 10.1 Å². The van der Waals surface area contributed by atoms with Gasteiger partial charge in [0.2, 0.25) is 0 Å². The number of amides is 1. The lowest BCUT2D eigenvalue weighted by Crippen LogP contribution is -2.34. The van der Waals surface area contributed by atoms with E-state index in [0.29, 0.717) is 0 Å². The van der Waals surface area contributed by atoms with Gasteiger partial charge in [0.1, 0.15) is 11.4 Å². The lowest BCUT2D eigenvalue weighted by Gasteiger charge is -2.19. The van der Waals surface area contributed by atoms with Crippen molar-refractivity contribution < 1.29 is 28.7 Å². The molecule has 0 aromatic heterocycles. The van der Waals surface area contributed by atoms with E-state index in [9.17, 15) is 19.7 Å². The molecule has 0 heterocycles. The summed E-state index contributed by atoms with van der Waals surface area (Å²) in [6.45, 7) is 4.64. The van der Waals surface area contributed by atoms with Gasteiger partial charge in [-0.25, -0.2) is 9.59 Å². The van der Waals surface area contributed by atoms with Gasteiger partial charge in [-0.2, -0.15) is 0 Å². The summed E-state index contributed by atoms with van der Waals surface area (Å²) >= 11 is 0. The third-order valence-corrected chi connectivity index (χ3v) is 2.05. The zero-order valence-electron chi connectivity index (χ0n) is 12.3. The molecule has 0 atom stereocenters. The van der Waals surface area contributed by atoms with Crippen molar-refractivity contribution in [1.82, 2.24) is 5.32 Å². The van der Waals surface area contributed by atoms with Gasteiger partial charge in [0.25, 0.3) is 5.69 Å². The molecule has 22 heavy (non-hydrogen) atoms. The lowest BCUT2D eigenvalue weighted by molar-refractivity contribution is -0.384. The summed E-state index contributed by atoms with van der Waals surface area (Å²) < 4.78 is 14.3. The molecule has 1 aromatic rings. The van der Waals surface area contributed by atoms with Crippen LogP contribution in [0.5, 0.6) is 5.75 Å². The van der Waals surface area contributed by atoms with Crippen molar-refractivity contribution in [2.75, 3.05) is 6.73 Å². The second-order valence-electron chi connectivity index (χ2n) is 5.07. The van der Waals surface area contributed by atoms with Gasteiger partial charge >= 0.3 is 12.2 Å². The molecule has 9 heteroatoms. The number of hydrogen-bond donors (Lipinski definition) is 1. The number of non-ortho nitro benzene ring substituents is 1. The Labute approximate surface area is 126 Å². The largest absolute Gasteiger partial charge is 0.515 e. The lowest BCUT2D eigenvalue weighted by atomic mass is 10.2. The Morgan fingerprint density at radius 2 is 1.82 bits per heavy atom. The summed E-state index contributed by atoms with van der Waals surface area (Å²) in [6.07, 6.45) is -1.81. The van der Waals surface area contributed by atoms with Gasteiger partial charge < -0.3 is 14.2 Å². The van der Waals surface area contributed by atoms with Crippen LogP contribution in [0.2, 0.25) is 0 Å². The normalized spacial score (nSPS) is 10.5. The summed E-state index contributed by atoms with van der Waals surface area (Å²) in [4.78, 5) is 32.5. The predicted molar refractivity (Wildman–Crippen MR) is 74.4 cm³/mol. The van der Waals surface area contributed by atoms with Crippen molar-refractivity contribution in [3.8, 4) is 5.75 Å². The topological polar surface area (TPSA) is 117 Å². The SMILES string of the molecule is CC(C)(C)OC(=O)NCOC(=O)Oc1ccc([N+](=O)[O-])cc1. The molecule has 9 nitrogen and oxygen atoms in total. The minimum absolute atomic E-state index is 0.0767. The number of nitro benzene ring substituents is 1. The van der Waals surface area contributed by atoms with Gasteiger partial charge in [0.15, 0.2) is 6.73 Å². The molecule has 0 saturated heterocycles. The summed E-state index contributed by atoms with van der Waals surface area (Å²) in [5, 5.41) is 12.7. The van der Waals surface area contributed by atoms with Crippen molar-refractivity contribution in [3.05, 3.63) is 34.4 Å². The summed E-state index contributed by atoms with van der Waals surface area (Å²) in [6, 6.07) is 4.87. The highest BCUT2D eigenvalue weighted by Crippen LogP contribution is 2.17. The van der Waals surface area contributed by atoms with Gasteiger partial charge in [-0.05, 0) is 32.9 Å². The van der Waals surface area contributed by atoms with Gasteiger partial charge in [0, 0.05) is 12.1 Å². The number of nitro groups is 1. The molecule has 0 aliphatic rings. The maximum Gasteiger partial charge on any atom is 0.515 e. The molecular weight excluding hydrogens is 296 g/mol. The van der Waals surface area contributed by atoms with E-state index in [4.69, 9.17) is 9.47 Å². The van der Waals surface area contributed by atoms with Crippen LogP contribution >= 0.6 is 0 Å². The molecule has 0 bridgehead atoms. The fourth-order valence-corrected chi connectivity index (χ4v) is 1.23. The first-order valence-corrected chi connectivity index (χ1v) is 6.23. The van der Waals surface area contributed by atoms with Gasteiger partial charge in [-0.3, -0.25) is 15.4 Å².